The number of epoxide rings is 2. The molecule has 4 heteroatoms. The molecule has 2 N–H and O–H groups in total. The largest absolute Gasteiger partial charge is 0.393 e. The second kappa shape index (κ2) is 4.66. The van der Waals surface area contributed by atoms with Crippen molar-refractivity contribution in [1.29, 1.82) is 0 Å². The van der Waals surface area contributed by atoms with Gasteiger partial charge in [-0.3, -0.25) is 0 Å². The van der Waals surface area contributed by atoms with Gasteiger partial charge in [0.1, 0.15) is 18.3 Å². The molecule has 0 aromatic heterocycles. The van der Waals surface area contributed by atoms with E-state index in [0.29, 0.717) is 6.42 Å². The minimum Gasteiger partial charge on any atom is -0.393 e. The monoisotopic (exact) mass is 294 g/mol. The molecule has 2 fully saturated rings. The molecule has 2 heterocycles. The topological polar surface area (TPSA) is 65.5 Å². The van der Waals surface area contributed by atoms with Crippen LogP contribution in [0.1, 0.15) is 34.1 Å². The first-order valence-corrected chi connectivity index (χ1v) is 7.71. The van der Waals surface area contributed by atoms with Gasteiger partial charge < -0.3 is 19.7 Å². The molecule has 3 rings (SSSR count). The maximum absolute atomic E-state index is 10.7. The van der Waals surface area contributed by atoms with E-state index in [4.69, 9.17) is 9.47 Å². The Hall–Kier alpha value is -0.680. The number of hydrogen-bond donors (Lipinski definition) is 2. The summed E-state index contributed by atoms with van der Waals surface area (Å²) in [5, 5.41) is 21.4. The quantitative estimate of drug-likeness (QED) is 0.602. The highest BCUT2D eigenvalue weighted by Crippen LogP contribution is 2.52. The highest BCUT2D eigenvalue weighted by molar-refractivity contribution is 5.25. The molecule has 2 aliphatic heterocycles. The zero-order valence-electron chi connectivity index (χ0n) is 13.2. The SMILES string of the molecule is C=CC(C)(C)[C@H]1C(O)C=C(C)C2OC2C2O[C@@]2(C)CC1O. The molecule has 7 atom stereocenters. The second-order valence-corrected chi connectivity index (χ2v) is 7.60. The number of allylic oxidation sites excluding steroid dienone is 1. The van der Waals surface area contributed by atoms with E-state index in [9.17, 15) is 10.2 Å². The summed E-state index contributed by atoms with van der Waals surface area (Å²) in [6.07, 6.45) is 2.96. The summed E-state index contributed by atoms with van der Waals surface area (Å²) in [4.78, 5) is 0. The lowest BCUT2D eigenvalue weighted by Crippen LogP contribution is -2.43. The van der Waals surface area contributed by atoms with Crippen molar-refractivity contribution in [2.45, 2.75) is 70.2 Å². The predicted molar refractivity (Wildman–Crippen MR) is 79.8 cm³/mol. The first-order chi connectivity index (χ1) is 9.69. The van der Waals surface area contributed by atoms with Gasteiger partial charge in [0.05, 0.1) is 17.8 Å². The van der Waals surface area contributed by atoms with E-state index in [1.807, 2.05) is 39.8 Å². The Balaban J connectivity index is 1.95. The van der Waals surface area contributed by atoms with Crippen LogP contribution in [-0.4, -0.2) is 46.3 Å². The zero-order valence-corrected chi connectivity index (χ0v) is 13.2. The Morgan fingerprint density at radius 2 is 2.10 bits per heavy atom. The number of hydrogen-bond acceptors (Lipinski definition) is 4. The molecule has 0 bridgehead atoms. The number of rotatable bonds is 2. The summed E-state index contributed by atoms with van der Waals surface area (Å²) in [5.74, 6) is -0.318. The van der Waals surface area contributed by atoms with Crippen molar-refractivity contribution in [3.63, 3.8) is 0 Å². The average Bonchev–Trinajstić information content (AvgIpc) is 3.23. The third-order valence-electron chi connectivity index (χ3n) is 5.43. The number of aliphatic hydroxyl groups excluding tert-OH is 2. The Labute approximate surface area is 126 Å². The van der Waals surface area contributed by atoms with Gasteiger partial charge in [-0.05, 0) is 24.8 Å². The van der Waals surface area contributed by atoms with Gasteiger partial charge in [-0.25, -0.2) is 0 Å². The van der Waals surface area contributed by atoms with Gasteiger partial charge in [0, 0.05) is 12.3 Å². The predicted octanol–water partition coefficient (Wildman–Crippen LogP) is 1.81. The van der Waals surface area contributed by atoms with Crippen LogP contribution in [0.15, 0.2) is 24.3 Å². The van der Waals surface area contributed by atoms with Crippen molar-refractivity contribution in [1.82, 2.24) is 0 Å². The third kappa shape index (κ3) is 2.48. The molecule has 0 saturated carbocycles. The van der Waals surface area contributed by atoms with Crippen LogP contribution < -0.4 is 0 Å². The van der Waals surface area contributed by atoms with Crippen LogP contribution in [0, 0.1) is 11.3 Å². The van der Waals surface area contributed by atoms with Crippen LogP contribution >= 0.6 is 0 Å². The number of aliphatic hydroxyl groups is 2. The summed E-state index contributed by atoms with van der Waals surface area (Å²) in [7, 11) is 0. The number of ether oxygens (including phenoxy) is 2. The molecule has 0 aromatic carbocycles. The van der Waals surface area contributed by atoms with E-state index in [-0.39, 0.29) is 35.2 Å². The smallest absolute Gasteiger partial charge is 0.117 e. The van der Waals surface area contributed by atoms with Crippen molar-refractivity contribution in [2.24, 2.45) is 11.3 Å². The molecule has 2 saturated heterocycles. The van der Waals surface area contributed by atoms with Gasteiger partial charge in [-0.1, -0.05) is 26.0 Å². The molecule has 3 aliphatic rings. The Bertz CT molecular complexity index is 483. The molecule has 0 aromatic rings. The summed E-state index contributed by atoms with van der Waals surface area (Å²) >= 11 is 0. The van der Waals surface area contributed by atoms with Crippen LogP contribution in [0.2, 0.25) is 0 Å². The minimum absolute atomic E-state index is 0.0502. The van der Waals surface area contributed by atoms with Crippen molar-refractivity contribution < 1.29 is 19.7 Å². The standard InChI is InChI=1S/C17H26O4/c1-6-16(3,4)12-10(18)7-9(2)13-14(20-13)15-17(5,21-15)8-11(12)19/h6-7,10-15,18-19H,1,8H2,2-5H3/t10?,11?,12-,13?,14?,15?,17-/m0/s1. The fraction of sp³-hybridized carbons (Fsp3) is 0.765. The Kier molecular flexibility index (Phi) is 3.38. The van der Waals surface area contributed by atoms with Crippen molar-refractivity contribution >= 4 is 0 Å². The van der Waals surface area contributed by atoms with Gasteiger partial charge in [-0.15, -0.1) is 6.58 Å². The lowest BCUT2D eigenvalue weighted by molar-refractivity contribution is -0.0265. The van der Waals surface area contributed by atoms with Gasteiger partial charge in [0.2, 0.25) is 0 Å². The number of fused-ring (bicyclic) bond motifs is 3. The molecular formula is C17H26O4. The minimum atomic E-state index is -0.725. The normalized spacial score (nSPS) is 49.5. The summed E-state index contributed by atoms with van der Waals surface area (Å²) in [6.45, 7) is 11.8. The molecule has 0 amide bonds. The maximum atomic E-state index is 10.7. The van der Waals surface area contributed by atoms with Gasteiger partial charge in [-0.2, -0.15) is 0 Å². The van der Waals surface area contributed by atoms with Crippen LogP contribution in [-0.2, 0) is 9.47 Å². The van der Waals surface area contributed by atoms with E-state index in [1.165, 1.54) is 0 Å². The Morgan fingerprint density at radius 3 is 2.71 bits per heavy atom. The zero-order chi connectivity index (χ0) is 15.6. The van der Waals surface area contributed by atoms with E-state index < -0.39 is 12.2 Å². The summed E-state index contributed by atoms with van der Waals surface area (Å²) in [5.41, 5.74) is 0.301. The van der Waals surface area contributed by atoms with Crippen molar-refractivity contribution in [2.75, 3.05) is 0 Å². The highest BCUT2D eigenvalue weighted by atomic mass is 16.7. The molecular weight excluding hydrogens is 268 g/mol. The Morgan fingerprint density at radius 1 is 1.43 bits per heavy atom. The lowest BCUT2D eigenvalue weighted by Gasteiger charge is -2.38. The van der Waals surface area contributed by atoms with Gasteiger partial charge in [0.25, 0.3) is 0 Å². The molecule has 4 nitrogen and oxygen atoms in total. The molecule has 21 heavy (non-hydrogen) atoms. The fourth-order valence-electron chi connectivity index (χ4n) is 3.87. The highest BCUT2D eigenvalue weighted by Gasteiger charge is 2.66. The molecule has 0 radical (unpaired) electrons. The average molecular weight is 294 g/mol. The van der Waals surface area contributed by atoms with E-state index in [2.05, 4.69) is 6.58 Å². The van der Waals surface area contributed by atoms with Crippen LogP contribution in [0.4, 0.5) is 0 Å². The second-order valence-electron chi connectivity index (χ2n) is 7.60. The molecule has 5 unspecified atom stereocenters. The van der Waals surface area contributed by atoms with Crippen molar-refractivity contribution in [3.05, 3.63) is 24.3 Å². The molecule has 0 spiro atoms. The van der Waals surface area contributed by atoms with E-state index in [1.54, 1.807) is 0 Å². The first-order valence-electron chi connectivity index (χ1n) is 7.71. The maximum Gasteiger partial charge on any atom is 0.117 e. The van der Waals surface area contributed by atoms with E-state index in [0.717, 1.165) is 5.57 Å². The summed E-state index contributed by atoms with van der Waals surface area (Å²) in [6, 6.07) is 0. The van der Waals surface area contributed by atoms with Crippen LogP contribution in [0.3, 0.4) is 0 Å². The lowest BCUT2D eigenvalue weighted by atomic mass is 9.70. The van der Waals surface area contributed by atoms with Gasteiger partial charge in [0.15, 0.2) is 0 Å². The molecule has 1 aliphatic carbocycles. The summed E-state index contributed by atoms with van der Waals surface area (Å²) < 4.78 is 11.5. The first kappa shape index (κ1) is 15.2. The third-order valence-corrected chi connectivity index (χ3v) is 5.43. The van der Waals surface area contributed by atoms with Crippen molar-refractivity contribution in [3.8, 4) is 0 Å². The molecule has 118 valence electrons. The van der Waals surface area contributed by atoms with E-state index >= 15 is 0 Å². The fourth-order valence-corrected chi connectivity index (χ4v) is 3.87. The van der Waals surface area contributed by atoms with Crippen LogP contribution in [0.25, 0.3) is 0 Å². The van der Waals surface area contributed by atoms with Crippen LogP contribution in [0.5, 0.6) is 0 Å². The van der Waals surface area contributed by atoms with Gasteiger partial charge >= 0.3 is 0 Å².